The molecule has 0 aromatic carbocycles. The normalized spacial score (nSPS) is 17.1. The maximum Gasteiger partial charge on any atom is 0.305 e. The minimum atomic E-state index is -0.895. The smallest absolute Gasteiger partial charge is 0.305 e. The van der Waals surface area contributed by atoms with Crippen molar-refractivity contribution in [3.05, 3.63) is 0 Å². The SMILES string of the molecule is CCCCC(C)C(C)C(CC(=O)O)NC(=O)[C@@H](N)C(C)C. The van der Waals surface area contributed by atoms with Crippen LogP contribution in [0.3, 0.4) is 0 Å². The van der Waals surface area contributed by atoms with Gasteiger partial charge in [-0.15, -0.1) is 0 Å². The van der Waals surface area contributed by atoms with Gasteiger partial charge >= 0.3 is 5.97 Å². The molecule has 21 heavy (non-hydrogen) atoms. The summed E-state index contributed by atoms with van der Waals surface area (Å²) in [6.07, 6.45) is 3.21. The van der Waals surface area contributed by atoms with E-state index in [1.165, 1.54) is 0 Å². The van der Waals surface area contributed by atoms with Crippen molar-refractivity contribution < 1.29 is 14.7 Å². The Balaban J connectivity index is 4.78. The molecule has 0 radical (unpaired) electrons. The van der Waals surface area contributed by atoms with Crippen LogP contribution in [-0.2, 0) is 9.59 Å². The lowest BCUT2D eigenvalue weighted by molar-refractivity contribution is -0.138. The molecule has 0 aliphatic rings. The van der Waals surface area contributed by atoms with Gasteiger partial charge in [-0.05, 0) is 17.8 Å². The molecule has 124 valence electrons. The van der Waals surface area contributed by atoms with E-state index >= 15 is 0 Å². The van der Waals surface area contributed by atoms with Gasteiger partial charge in [-0.1, -0.05) is 53.9 Å². The number of carboxylic acid groups (broad SMARTS) is 1. The van der Waals surface area contributed by atoms with Crippen LogP contribution >= 0.6 is 0 Å². The Bertz CT molecular complexity index is 331. The molecule has 0 aromatic rings. The maximum atomic E-state index is 12.1. The fourth-order valence-electron chi connectivity index (χ4n) is 2.32. The lowest BCUT2D eigenvalue weighted by atomic mass is 9.84. The summed E-state index contributed by atoms with van der Waals surface area (Å²) in [5, 5.41) is 11.9. The number of rotatable bonds is 10. The molecule has 1 amide bonds. The zero-order chi connectivity index (χ0) is 16.6. The van der Waals surface area contributed by atoms with E-state index < -0.39 is 12.0 Å². The molecular formula is C16H32N2O3. The van der Waals surface area contributed by atoms with Crippen LogP contribution in [-0.4, -0.2) is 29.1 Å². The Labute approximate surface area is 128 Å². The molecule has 0 aliphatic carbocycles. The van der Waals surface area contributed by atoms with Crippen molar-refractivity contribution in [2.24, 2.45) is 23.5 Å². The lowest BCUT2D eigenvalue weighted by Gasteiger charge is -2.30. The number of hydrogen-bond acceptors (Lipinski definition) is 3. The van der Waals surface area contributed by atoms with E-state index in [2.05, 4.69) is 19.2 Å². The third-order valence-corrected chi connectivity index (χ3v) is 4.29. The highest BCUT2D eigenvalue weighted by molar-refractivity contribution is 5.82. The Morgan fingerprint density at radius 3 is 2.19 bits per heavy atom. The van der Waals surface area contributed by atoms with Crippen LogP contribution in [0.1, 0.15) is 60.3 Å². The molecule has 0 fully saturated rings. The van der Waals surface area contributed by atoms with Crippen molar-refractivity contribution in [3.63, 3.8) is 0 Å². The average molecular weight is 300 g/mol. The number of unbranched alkanes of at least 4 members (excludes halogenated alkanes) is 1. The lowest BCUT2D eigenvalue weighted by Crippen LogP contribution is -2.51. The second-order valence-corrected chi connectivity index (χ2v) is 6.46. The number of nitrogens with one attached hydrogen (secondary N) is 1. The van der Waals surface area contributed by atoms with E-state index in [0.717, 1.165) is 19.3 Å². The van der Waals surface area contributed by atoms with Crippen LogP contribution in [0.25, 0.3) is 0 Å². The standard InChI is InChI=1S/C16H32N2O3/c1-6-7-8-11(4)12(5)13(9-14(19)20)18-16(21)15(17)10(2)3/h10-13,15H,6-9,17H2,1-5H3,(H,18,21)(H,19,20)/t11?,12?,13?,15-/m0/s1. The maximum absolute atomic E-state index is 12.1. The highest BCUT2D eigenvalue weighted by Crippen LogP contribution is 2.23. The van der Waals surface area contributed by atoms with Gasteiger partial charge in [0.1, 0.15) is 0 Å². The fraction of sp³-hybridized carbons (Fsp3) is 0.875. The first-order chi connectivity index (χ1) is 9.70. The van der Waals surface area contributed by atoms with Gasteiger partial charge in [0.2, 0.25) is 5.91 Å². The first kappa shape index (κ1) is 19.9. The molecular weight excluding hydrogens is 268 g/mol. The van der Waals surface area contributed by atoms with Gasteiger partial charge < -0.3 is 16.2 Å². The number of carbonyl (C=O) groups excluding carboxylic acids is 1. The van der Waals surface area contributed by atoms with Gasteiger partial charge in [0.15, 0.2) is 0 Å². The summed E-state index contributed by atoms with van der Waals surface area (Å²) in [6.45, 7) is 10.0. The average Bonchev–Trinajstić information content (AvgIpc) is 2.41. The second-order valence-electron chi connectivity index (χ2n) is 6.46. The zero-order valence-electron chi connectivity index (χ0n) is 14.1. The predicted octanol–water partition coefficient (Wildman–Crippen LogP) is 2.39. The molecule has 0 aromatic heterocycles. The number of aliphatic carboxylic acids is 1. The van der Waals surface area contributed by atoms with Gasteiger partial charge in [0.05, 0.1) is 12.5 Å². The van der Waals surface area contributed by atoms with Crippen LogP contribution in [0.2, 0.25) is 0 Å². The molecule has 0 spiro atoms. The minimum absolute atomic E-state index is 0.0308. The van der Waals surface area contributed by atoms with Crippen LogP contribution in [0.5, 0.6) is 0 Å². The first-order valence-electron chi connectivity index (χ1n) is 7.98. The van der Waals surface area contributed by atoms with Crippen molar-refractivity contribution in [2.75, 3.05) is 0 Å². The highest BCUT2D eigenvalue weighted by Gasteiger charge is 2.28. The van der Waals surface area contributed by atoms with Crippen LogP contribution < -0.4 is 11.1 Å². The summed E-state index contributed by atoms with van der Waals surface area (Å²) in [5.74, 6) is -0.650. The summed E-state index contributed by atoms with van der Waals surface area (Å²) in [7, 11) is 0. The van der Waals surface area contributed by atoms with Gasteiger partial charge in [0.25, 0.3) is 0 Å². The van der Waals surface area contributed by atoms with E-state index in [1.807, 2.05) is 20.8 Å². The zero-order valence-corrected chi connectivity index (χ0v) is 14.1. The predicted molar refractivity (Wildman–Crippen MR) is 84.8 cm³/mol. The molecule has 0 saturated carbocycles. The Morgan fingerprint density at radius 1 is 1.19 bits per heavy atom. The van der Waals surface area contributed by atoms with Gasteiger partial charge in [-0.3, -0.25) is 9.59 Å². The first-order valence-corrected chi connectivity index (χ1v) is 7.98. The van der Waals surface area contributed by atoms with E-state index in [4.69, 9.17) is 10.8 Å². The van der Waals surface area contributed by atoms with E-state index in [-0.39, 0.29) is 30.2 Å². The van der Waals surface area contributed by atoms with Crippen molar-refractivity contribution in [1.82, 2.24) is 5.32 Å². The summed E-state index contributed by atoms with van der Waals surface area (Å²) < 4.78 is 0. The Morgan fingerprint density at radius 2 is 1.76 bits per heavy atom. The van der Waals surface area contributed by atoms with E-state index in [0.29, 0.717) is 5.92 Å². The molecule has 0 bridgehead atoms. The number of carboxylic acids is 1. The number of hydrogen-bond donors (Lipinski definition) is 3. The van der Waals surface area contributed by atoms with E-state index in [1.54, 1.807) is 0 Å². The topological polar surface area (TPSA) is 92.4 Å². The monoisotopic (exact) mass is 300 g/mol. The van der Waals surface area contributed by atoms with Gasteiger partial charge in [-0.2, -0.15) is 0 Å². The molecule has 4 atom stereocenters. The molecule has 0 aliphatic heterocycles. The van der Waals surface area contributed by atoms with E-state index in [9.17, 15) is 9.59 Å². The van der Waals surface area contributed by atoms with Crippen molar-refractivity contribution >= 4 is 11.9 Å². The summed E-state index contributed by atoms with van der Waals surface area (Å²) in [4.78, 5) is 23.1. The third-order valence-electron chi connectivity index (χ3n) is 4.29. The minimum Gasteiger partial charge on any atom is -0.481 e. The quantitative estimate of drug-likeness (QED) is 0.577. The largest absolute Gasteiger partial charge is 0.481 e. The second kappa shape index (κ2) is 9.77. The number of carbonyl (C=O) groups is 2. The summed E-state index contributed by atoms with van der Waals surface area (Å²) >= 11 is 0. The van der Waals surface area contributed by atoms with Crippen LogP contribution in [0.15, 0.2) is 0 Å². The molecule has 3 unspecified atom stereocenters. The van der Waals surface area contributed by atoms with Gasteiger partial charge in [0, 0.05) is 6.04 Å². The third kappa shape index (κ3) is 7.46. The van der Waals surface area contributed by atoms with Crippen LogP contribution in [0, 0.1) is 17.8 Å². The van der Waals surface area contributed by atoms with Crippen molar-refractivity contribution in [2.45, 2.75) is 72.4 Å². The Kier molecular flexibility index (Phi) is 9.26. The van der Waals surface area contributed by atoms with Crippen LogP contribution in [0.4, 0.5) is 0 Å². The summed E-state index contributed by atoms with van der Waals surface area (Å²) in [5.41, 5.74) is 5.84. The summed E-state index contributed by atoms with van der Waals surface area (Å²) in [6, 6.07) is -0.967. The Hall–Kier alpha value is -1.10. The molecule has 5 heteroatoms. The highest BCUT2D eigenvalue weighted by atomic mass is 16.4. The molecule has 0 heterocycles. The molecule has 0 saturated heterocycles. The molecule has 0 rings (SSSR count). The fourth-order valence-corrected chi connectivity index (χ4v) is 2.32. The number of amides is 1. The molecule has 5 nitrogen and oxygen atoms in total. The number of nitrogens with two attached hydrogens (primary N) is 1. The van der Waals surface area contributed by atoms with Crippen molar-refractivity contribution in [3.8, 4) is 0 Å². The van der Waals surface area contributed by atoms with Gasteiger partial charge in [-0.25, -0.2) is 0 Å². The van der Waals surface area contributed by atoms with Crippen molar-refractivity contribution in [1.29, 1.82) is 0 Å². The molecule has 4 N–H and O–H groups in total.